The Morgan fingerprint density at radius 1 is 1.32 bits per heavy atom. The molecular formula is C17H18ClNO2S. The van der Waals surface area contributed by atoms with Gasteiger partial charge in [0.05, 0.1) is 4.88 Å². The van der Waals surface area contributed by atoms with Crippen LogP contribution in [-0.2, 0) is 6.61 Å². The first-order chi connectivity index (χ1) is 10.6. The summed E-state index contributed by atoms with van der Waals surface area (Å²) in [4.78, 5) is 15.0. The maximum Gasteiger partial charge on any atom is 0.263 e. The Hall–Kier alpha value is -1.52. The number of thiophene rings is 1. The van der Waals surface area contributed by atoms with Gasteiger partial charge in [-0.3, -0.25) is 4.79 Å². The third kappa shape index (κ3) is 3.45. The molecule has 0 unspecified atom stereocenters. The molecule has 1 aliphatic heterocycles. The highest BCUT2D eigenvalue weighted by atomic mass is 35.5. The van der Waals surface area contributed by atoms with Crippen LogP contribution in [0.4, 0.5) is 0 Å². The second-order valence-corrected chi connectivity index (χ2v) is 6.86. The number of hydrogen-bond acceptors (Lipinski definition) is 3. The molecule has 0 spiro atoms. The monoisotopic (exact) mass is 335 g/mol. The number of likely N-dealkylation sites (tertiary alicyclic amines) is 1. The minimum atomic E-state index is 0.149. The van der Waals surface area contributed by atoms with Crippen molar-refractivity contribution in [1.29, 1.82) is 0 Å². The standard InChI is InChI=1S/C17H18ClNO2S/c1-12-8-14(18)4-5-15(12)21-10-13-9-16(22-11-13)17(20)19-6-2-3-7-19/h4-5,8-9,11H,2-3,6-7,10H2,1H3. The van der Waals surface area contributed by atoms with E-state index in [1.807, 2.05) is 41.5 Å². The van der Waals surface area contributed by atoms with Crippen LogP contribution in [0.5, 0.6) is 5.75 Å². The van der Waals surface area contributed by atoms with E-state index in [-0.39, 0.29) is 5.91 Å². The summed E-state index contributed by atoms with van der Waals surface area (Å²) in [6.07, 6.45) is 2.23. The Kier molecular flexibility index (Phi) is 4.69. The third-order valence-corrected chi connectivity index (χ3v) is 4.99. The Bertz CT molecular complexity index is 677. The normalized spacial score (nSPS) is 14.4. The largest absolute Gasteiger partial charge is 0.489 e. The first kappa shape index (κ1) is 15.4. The van der Waals surface area contributed by atoms with Crippen molar-refractivity contribution < 1.29 is 9.53 Å². The molecule has 1 fully saturated rings. The number of ether oxygens (including phenoxy) is 1. The van der Waals surface area contributed by atoms with Crippen LogP contribution in [0.3, 0.4) is 0 Å². The molecule has 3 rings (SSSR count). The molecule has 1 amide bonds. The zero-order valence-electron chi connectivity index (χ0n) is 12.5. The Morgan fingerprint density at radius 3 is 2.82 bits per heavy atom. The average Bonchev–Trinajstić information content (AvgIpc) is 3.17. The minimum absolute atomic E-state index is 0.149. The molecule has 3 nitrogen and oxygen atoms in total. The van der Waals surface area contributed by atoms with E-state index in [1.54, 1.807) is 0 Å². The summed E-state index contributed by atoms with van der Waals surface area (Å²) < 4.78 is 5.82. The van der Waals surface area contributed by atoms with E-state index in [0.29, 0.717) is 11.6 Å². The van der Waals surface area contributed by atoms with Gasteiger partial charge in [-0.1, -0.05) is 11.6 Å². The van der Waals surface area contributed by atoms with Crippen LogP contribution >= 0.6 is 22.9 Å². The lowest BCUT2D eigenvalue weighted by molar-refractivity contribution is 0.0797. The van der Waals surface area contributed by atoms with Crippen molar-refractivity contribution in [3.8, 4) is 5.75 Å². The number of nitrogens with zero attached hydrogens (tertiary/aromatic N) is 1. The van der Waals surface area contributed by atoms with Crippen molar-refractivity contribution in [2.45, 2.75) is 26.4 Å². The van der Waals surface area contributed by atoms with Crippen molar-refractivity contribution in [3.63, 3.8) is 0 Å². The van der Waals surface area contributed by atoms with Crippen LogP contribution in [0.15, 0.2) is 29.6 Å². The molecule has 0 aliphatic carbocycles. The molecule has 0 bridgehead atoms. The highest BCUT2D eigenvalue weighted by Crippen LogP contribution is 2.24. The van der Waals surface area contributed by atoms with Crippen LogP contribution in [0.1, 0.15) is 33.6 Å². The second-order valence-electron chi connectivity index (χ2n) is 5.52. The minimum Gasteiger partial charge on any atom is -0.489 e. The quantitative estimate of drug-likeness (QED) is 0.821. The molecule has 116 valence electrons. The zero-order chi connectivity index (χ0) is 15.5. The first-order valence-corrected chi connectivity index (χ1v) is 8.65. The Balaban J connectivity index is 1.63. The van der Waals surface area contributed by atoms with Gasteiger partial charge in [0.1, 0.15) is 12.4 Å². The van der Waals surface area contributed by atoms with Gasteiger partial charge in [-0.05, 0) is 55.0 Å². The lowest BCUT2D eigenvalue weighted by atomic mass is 10.2. The van der Waals surface area contributed by atoms with E-state index in [2.05, 4.69) is 0 Å². The number of halogens is 1. The van der Waals surface area contributed by atoms with Crippen LogP contribution in [0, 0.1) is 6.92 Å². The molecular weight excluding hydrogens is 318 g/mol. The summed E-state index contributed by atoms with van der Waals surface area (Å²) in [7, 11) is 0. The number of rotatable bonds is 4. The highest BCUT2D eigenvalue weighted by molar-refractivity contribution is 7.12. The van der Waals surface area contributed by atoms with E-state index in [9.17, 15) is 4.79 Å². The van der Waals surface area contributed by atoms with Crippen molar-refractivity contribution in [1.82, 2.24) is 4.90 Å². The SMILES string of the molecule is Cc1cc(Cl)ccc1OCc1csc(C(=O)N2CCCC2)c1. The summed E-state index contributed by atoms with van der Waals surface area (Å²) in [5.41, 5.74) is 2.04. The molecule has 1 aromatic heterocycles. The molecule has 1 aromatic carbocycles. The molecule has 1 saturated heterocycles. The van der Waals surface area contributed by atoms with Crippen LogP contribution in [0.25, 0.3) is 0 Å². The van der Waals surface area contributed by atoms with Gasteiger partial charge in [0.2, 0.25) is 0 Å². The Labute approximate surface area is 139 Å². The lowest BCUT2D eigenvalue weighted by Gasteiger charge is -2.13. The molecule has 5 heteroatoms. The number of carbonyl (C=O) groups excluding carboxylic acids is 1. The molecule has 0 atom stereocenters. The predicted octanol–water partition coefficient (Wildman–Crippen LogP) is 4.52. The smallest absolute Gasteiger partial charge is 0.263 e. The molecule has 2 heterocycles. The molecule has 0 N–H and O–H groups in total. The summed E-state index contributed by atoms with van der Waals surface area (Å²) in [6.45, 7) is 4.20. The molecule has 22 heavy (non-hydrogen) atoms. The highest BCUT2D eigenvalue weighted by Gasteiger charge is 2.20. The van der Waals surface area contributed by atoms with Gasteiger partial charge in [0, 0.05) is 23.7 Å². The Morgan fingerprint density at radius 2 is 2.09 bits per heavy atom. The second kappa shape index (κ2) is 6.71. The van der Waals surface area contributed by atoms with Crippen molar-refractivity contribution in [3.05, 3.63) is 50.7 Å². The number of benzene rings is 1. The van der Waals surface area contributed by atoms with E-state index in [4.69, 9.17) is 16.3 Å². The van der Waals surface area contributed by atoms with E-state index < -0.39 is 0 Å². The summed E-state index contributed by atoms with van der Waals surface area (Å²) in [5, 5.41) is 2.70. The van der Waals surface area contributed by atoms with Gasteiger partial charge in [0.15, 0.2) is 0 Å². The van der Waals surface area contributed by atoms with Gasteiger partial charge in [-0.15, -0.1) is 11.3 Å². The zero-order valence-corrected chi connectivity index (χ0v) is 14.0. The topological polar surface area (TPSA) is 29.5 Å². The molecule has 0 saturated carbocycles. The van der Waals surface area contributed by atoms with E-state index in [1.165, 1.54) is 11.3 Å². The number of hydrogen-bond donors (Lipinski definition) is 0. The van der Waals surface area contributed by atoms with Crippen LogP contribution in [0.2, 0.25) is 5.02 Å². The van der Waals surface area contributed by atoms with E-state index >= 15 is 0 Å². The molecule has 0 radical (unpaired) electrons. The van der Waals surface area contributed by atoms with Crippen LogP contribution in [-0.4, -0.2) is 23.9 Å². The van der Waals surface area contributed by atoms with Crippen molar-refractivity contribution in [2.24, 2.45) is 0 Å². The number of aryl methyl sites for hydroxylation is 1. The number of carbonyl (C=O) groups is 1. The summed E-state index contributed by atoms with van der Waals surface area (Å²) >= 11 is 7.43. The fraction of sp³-hybridized carbons (Fsp3) is 0.353. The molecule has 2 aromatic rings. The van der Waals surface area contributed by atoms with Gasteiger partial charge in [-0.2, -0.15) is 0 Å². The average molecular weight is 336 g/mol. The fourth-order valence-corrected chi connectivity index (χ4v) is 3.67. The lowest BCUT2D eigenvalue weighted by Crippen LogP contribution is -2.26. The van der Waals surface area contributed by atoms with Crippen LogP contribution < -0.4 is 4.74 Å². The van der Waals surface area contributed by atoms with Crippen molar-refractivity contribution in [2.75, 3.05) is 13.1 Å². The fourth-order valence-electron chi connectivity index (χ4n) is 2.58. The van der Waals surface area contributed by atoms with Crippen molar-refractivity contribution >= 4 is 28.8 Å². The van der Waals surface area contributed by atoms with Gasteiger partial charge in [-0.25, -0.2) is 0 Å². The van der Waals surface area contributed by atoms with Gasteiger partial charge in [0.25, 0.3) is 5.91 Å². The summed E-state index contributed by atoms with van der Waals surface area (Å²) in [6, 6.07) is 7.52. The van der Waals surface area contributed by atoms with E-state index in [0.717, 1.165) is 47.7 Å². The third-order valence-electron chi connectivity index (χ3n) is 3.79. The predicted molar refractivity (Wildman–Crippen MR) is 90.0 cm³/mol. The summed E-state index contributed by atoms with van der Waals surface area (Å²) in [5.74, 6) is 0.972. The van der Waals surface area contributed by atoms with Gasteiger partial charge >= 0.3 is 0 Å². The first-order valence-electron chi connectivity index (χ1n) is 7.39. The van der Waals surface area contributed by atoms with Gasteiger partial charge < -0.3 is 9.64 Å². The maximum atomic E-state index is 12.3. The maximum absolute atomic E-state index is 12.3. The number of amides is 1. The molecule has 1 aliphatic rings.